The van der Waals surface area contributed by atoms with E-state index >= 15 is 0 Å². The lowest BCUT2D eigenvalue weighted by molar-refractivity contribution is -0.192. The van der Waals surface area contributed by atoms with E-state index in [4.69, 9.17) is 33.1 Å². The number of nitrogens with zero attached hydrogens (tertiary/aromatic N) is 2. The molecule has 0 spiro atoms. The van der Waals surface area contributed by atoms with Gasteiger partial charge in [-0.1, -0.05) is 47.5 Å². The van der Waals surface area contributed by atoms with Gasteiger partial charge in [-0.05, 0) is 43.9 Å². The van der Waals surface area contributed by atoms with E-state index in [2.05, 4.69) is 26.1 Å². The number of hydrogen-bond donors (Lipinski definition) is 5. The minimum absolute atomic E-state index is 0.0667. The number of carbonyl (C=O) groups excluding carboxylic acids is 3. The summed E-state index contributed by atoms with van der Waals surface area (Å²) in [5.41, 5.74) is 1.70. The molecule has 3 aromatic rings. The molecule has 1 heterocycles. The number of nitrogens with one attached hydrogen (secondary N) is 4. The van der Waals surface area contributed by atoms with Gasteiger partial charge in [-0.3, -0.25) is 19.5 Å². The second-order valence-electron chi connectivity index (χ2n) is 8.55. The summed E-state index contributed by atoms with van der Waals surface area (Å²) in [6.45, 7) is 0.836. The third-order valence-electron chi connectivity index (χ3n) is 4.93. The summed E-state index contributed by atoms with van der Waals surface area (Å²) < 4.78 is 31.7. The van der Waals surface area contributed by atoms with Crippen molar-refractivity contribution in [2.45, 2.75) is 12.7 Å². The fourth-order valence-electron chi connectivity index (χ4n) is 3.04. The lowest BCUT2D eigenvalue weighted by atomic mass is 10.2. The van der Waals surface area contributed by atoms with Crippen molar-refractivity contribution in [2.24, 2.45) is 0 Å². The summed E-state index contributed by atoms with van der Waals surface area (Å²) >= 11 is 12.2. The van der Waals surface area contributed by atoms with Gasteiger partial charge in [0.25, 0.3) is 11.8 Å². The zero-order valence-electron chi connectivity index (χ0n) is 22.1. The molecule has 1 aromatic heterocycles. The number of H-pyrrole nitrogens is 1. The number of carboxylic acid groups (broad SMARTS) is 1. The van der Waals surface area contributed by atoms with E-state index < -0.39 is 24.0 Å². The molecule has 42 heavy (non-hydrogen) atoms. The molecule has 0 bridgehead atoms. The fraction of sp³-hybridized carbons (Fsp3) is 0.192. The molecule has 3 rings (SSSR count). The third kappa shape index (κ3) is 10.9. The van der Waals surface area contributed by atoms with Gasteiger partial charge in [0.1, 0.15) is 5.69 Å². The van der Waals surface area contributed by atoms with Crippen LogP contribution in [0, 0.1) is 0 Å². The molecule has 0 radical (unpaired) electrons. The van der Waals surface area contributed by atoms with E-state index in [1.165, 1.54) is 12.3 Å². The number of halogens is 5. The minimum atomic E-state index is -5.08. The molecule has 11 nitrogen and oxygen atoms in total. The molecule has 16 heteroatoms. The molecule has 0 saturated carbocycles. The van der Waals surface area contributed by atoms with Gasteiger partial charge in [-0.15, -0.1) is 0 Å². The van der Waals surface area contributed by atoms with Crippen molar-refractivity contribution in [2.75, 3.05) is 31.3 Å². The van der Waals surface area contributed by atoms with Crippen LogP contribution >= 0.6 is 23.2 Å². The van der Waals surface area contributed by atoms with E-state index in [-0.39, 0.29) is 39.4 Å². The summed E-state index contributed by atoms with van der Waals surface area (Å²) in [5.74, 6) is -4.06. The lowest BCUT2D eigenvalue weighted by Crippen LogP contribution is -2.25. The Kier molecular flexibility index (Phi) is 12.5. The quantitative estimate of drug-likeness (QED) is 0.217. The average Bonchev–Trinajstić information content (AvgIpc) is 3.35. The van der Waals surface area contributed by atoms with E-state index in [1.54, 1.807) is 42.5 Å². The van der Waals surface area contributed by atoms with Crippen molar-refractivity contribution in [3.8, 4) is 0 Å². The fourth-order valence-corrected chi connectivity index (χ4v) is 3.61. The monoisotopic (exact) mass is 628 g/mol. The summed E-state index contributed by atoms with van der Waals surface area (Å²) in [6, 6.07) is 11.8. The van der Waals surface area contributed by atoms with Crippen LogP contribution in [0.3, 0.4) is 0 Å². The highest BCUT2D eigenvalue weighted by molar-refractivity contribution is 6.40. The van der Waals surface area contributed by atoms with Crippen LogP contribution in [0.5, 0.6) is 0 Å². The van der Waals surface area contributed by atoms with Crippen LogP contribution in [0.15, 0.2) is 60.8 Å². The normalized spacial score (nSPS) is 11.0. The van der Waals surface area contributed by atoms with Gasteiger partial charge in [0, 0.05) is 24.9 Å². The number of likely N-dealkylation sites (N-methyl/N-ethyl adjacent to an activating group) is 1. The molecule has 0 atom stereocenters. The van der Waals surface area contributed by atoms with Gasteiger partial charge in [0.15, 0.2) is 0 Å². The van der Waals surface area contributed by atoms with Gasteiger partial charge in [-0.2, -0.15) is 18.3 Å². The van der Waals surface area contributed by atoms with Crippen LogP contribution in [0.1, 0.15) is 26.4 Å². The van der Waals surface area contributed by atoms with Crippen molar-refractivity contribution >= 4 is 58.3 Å². The number of carboxylic acids is 1. The number of aliphatic carboxylic acids is 1. The number of aromatic nitrogens is 2. The molecular weight excluding hydrogens is 604 g/mol. The largest absolute Gasteiger partial charge is 0.490 e. The van der Waals surface area contributed by atoms with E-state index in [0.717, 1.165) is 5.56 Å². The maximum Gasteiger partial charge on any atom is 0.490 e. The van der Waals surface area contributed by atoms with Crippen LogP contribution in [-0.2, 0) is 16.1 Å². The van der Waals surface area contributed by atoms with E-state index in [0.29, 0.717) is 12.2 Å². The second-order valence-corrected chi connectivity index (χ2v) is 9.36. The predicted molar refractivity (Wildman–Crippen MR) is 151 cm³/mol. The first-order valence-corrected chi connectivity index (χ1v) is 12.5. The molecule has 0 fully saturated rings. The van der Waals surface area contributed by atoms with Crippen molar-refractivity contribution in [3.63, 3.8) is 0 Å². The van der Waals surface area contributed by atoms with Gasteiger partial charge < -0.3 is 26.0 Å². The minimum Gasteiger partial charge on any atom is -0.475 e. The molecule has 224 valence electrons. The Morgan fingerprint density at radius 1 is 1.02 bits per heavy atom. The Morgan fingerprint density at radius 2 is 1.64 bits per heavy atom. The Hall–Kier alpha value is -4.40. The van der Waals surface area contributed by atoms with Crippen LogP contribution in [0.4, 0.5) is 24.5 Å². The maximum atomic E-state index is 12.7. The first kappa shape index (κ1) is 33.8. The van der Waals surface area contributed by atoms with Crippen molar-refractivity contribution in [1.29, 1.82) is 0 Å². The van der Waals surface area contributed by atoms with Crippen molar-refractivity contribution < 1.29 is 37.5 Å². The molecule has 2 aromatic carbocycles. The first-order chi connectivity index (χ1) is 19.7. The summed E-state index contributed by atoms with van der Waals surface area (Å²) in [6.07, 6.45) is -0.532. The standard InChI is InChI=1S/C24H24Cl2N6O3.C2HF3O2/c1-32(2)11-5-10-20(33)29-16-7-3-6-15(12-16)13-27-24(35)22-19(14-28-31-22)30-23(34)21-17(25)8-4-9-18(21)26;3-2(4,5)1(6)7/h3-10,12,14H,11,13H2,1-2H3,(H,27,35)(H,28,31)(H,29,33)(H,30,34);(H,6,7)/b10-5+;. The zero-order valence-corrected chi connectivity index (χ0v) is 23.6. The SMILES string of the molecule is CN(C)C/C=C/C(=O)Nc1cccc(CNC(=O)c2[nH]ncc2NC(=O)c2c(Cl)cccc2Cl)c1.O=C(O)C(F)(F)F. The molecular formula is C26H25Cl2F3N6O5. The first-order valence-electron chi connectivity index (χ1n) is 11.8. The summed E-state index contributed by atoms with van der Waals surface area (Å²) in [7, 11) is 3.82. The van der Waals surface area contributed by atoms with Crippen LogP contribution in [-0.4, -0.2) is 70.7 Å². The zero-order chi connectivity index (χ0) is 31.4. The Bertz CT molecular complexity index is 1440. The van der Waals surface area contributed by atoms with Crippen LogP contribution < -0.4 is 16.0 Å². The number of aromatic amines is 1. The lowest BCUT2D eigenvalue weighted by Gasteiger charge is -2.10. The second kappa shape index (κ2) is 15.6. The van der Waals surface area contributed by atoms with Crippen molar-refractivity contribution in [1.82, 2.24) is 20.4 Å². The maximum absolute atomic E-state index is 12.7. The summed E-state index contributed by atoms with van der Waals surface area (Å²) in [5, 5.41) is 22.1. The Morgan fingerprint density at radius 3 is 2.24 bits per heavy atom. The Labute approximate surface area is 247 Å². The van der Waals surface area contributed by atoms with Gasteiger partial charge in [0.2, 0.25) is 5.91 Å². The number of alkyl halides is 3. The summed E-state index contributed by atoms with van der Waals surface area (Å²) in [4.78, 5) is 48.2. The average molecular weight is 629 g/mol. The highest BCUT2D eigenvalue weighted by atomic mass is 35.5. The number of anilines is 2. The highest BCUT2D eigenvalue weighted by Crippen LogP contribution is 2.25. The van der Waals surface area contributed by atoms with Gasteiger partial charge >= 0.3 is 12.1 Å². The number of carbonyl (C=O) groups is 4. The molecule has 5 N–H and O–H groups in total. The van der Waals surface area contributed by atoms with Gasteiger partial charge in [-0.25, -0.2) is 4.79 Å². The molecule has 0 saturated heterocycles. The van der Waals surface area contributed by atoms with E-state index in [9.17, 15) is 27.6 Å². The number of rotatable bonds is 9. The molecule has 0 aliphatic carbocycles. The van der Waals surface area contributed by atoms with Crippen molar-refractivity contribution in [3.05, 3.63) is 87.7 Å². The molecule has 0 aliphatic rings. The molecule has 3 amide bonds. The highest BCUT2D eigenvalue weighted by Gasteiger charge is 2.38. The number of hydrogen-bond acceptors (Lipinski definition) is 6. The third-order valence-corrected chi connectivity index (χ3v) is 5.56. The smallest absolute Gasteiger partial charge is 0.475 e. The number of benzene rings is 2. The number of amides is 3. The van der Waals surface area contributed by atoms with Crippen LogP contribution in [0.2, 0.25) is 10.0 Å². The molecule has 0 unspecified atom stereocenters. The Balaban J connectivity index is 0.000000782. The van der Waals surface area contributed by atoms with Crippen LogP contribution in [0.25, 0.3) is 0 Å². The topological polar surface area (TPSA) is 157 Å². The van der Waals surface area contributed by atoms with Gasteiger partial charge in [0.05, 0.1) is 27.5 Å². The van der Waals surface area contributed by atoms with E-state index in [1.807, 2.05) is 25.1 Å². The molecule has 0 aliphatic heterocycles. The predicted octanol–water partition coefficient (Wildman–Crippen LogP) is 4.59.